The van der Waals surface area contributed by atoms with E-state index in [0.29, 0.717) is 12.8 Å². The van der Waals surface area contributed by atoms with Crippen LogP contribution >= 0.6 is 11.3 Å². The summed E-state index contributed by atoms with van der Waals surface area (Å²) < 4.78 is 5.70. The molecule has 0 N–H and O–H groups in total. The molecule has 1 saturated carbocycles. The lowest BCUT2D eigenvalue weighted by atomic mass is 9.82. The quantitative estimate of drug-likeness (QED) is 0.577. The minimum absolute atomic E-state index is 0.159. The maximum absolute atomic E-state index is 11.2. The van der Waals surface area contributed by atoms with Crippen molar-refractivity contribution in [3.63, 3.8) is 0 Å². The van der Waals surface area contributed by atoms with Crippen molar-refractivity contribution in [2.24, 2.45) is 5.92 Å². The second kappa shape index (κ2) is 8.96. The van der Waals surface area contributed by atoms with E-state index in [1.807, 2.05) is 26.0 Å². The molecule has 0 saturated heterocycles. The molecule has 4 rings (SSSR count). The number of benzene rings is 2. The van der Waals surface area contributed by atoms with Crippen molar-refractivity contribution in [3.8, 4) is 27.4 Å². The summed E-state index contributed by atoms with van der Waals surface area (Å²) in [5.41, 5.74) is 3.28. The monoisotopic (exact) mass is 421 g/mol. The lowest BCUT2D eigenvalue weighted by Crippen LogP contribution is -2.34. The topological polar surface area (TPSA) is 75.1 Å². The van der Waals surface area contributed by atoms with Crippen LogP contribution in [0.1, 0.15) is 50.5 Å². The SMILES string of the molecule is CC(C)Oc1ccc(-c2ccc(-c3nnc(C4CCCC(C(=O)[O-])C4)s3)cc2)cc1. The Bertz CT molecular complexity index is 996. The van der Waals surface area contributed by atoms with E-state index in [1.165, 1.54) is 0 Å². The van der Waals surface area contributed by atoms with E-state index in [1.54, 1.807) is 11.3 Å². The molecule has 0 bridgehead atoms. The lowest BCUT2D eigenvalue weighted by Gasteiger charge is -2.28. The number of carboxylic acid groups (broad SMARTS) is 1. The van der Waals surface area contributed by atoms with Crippen LogP contribution in [0.4, 0.5) is 0 Å². The van der Waals surface area contributed by atoms with Crippen LogP contribution in [-0.4, -0.2) is 22.3 Å². The Morgan fingerprint density at radius 1 is 1.00 bits per heavy atom. The van der Waals surface area contributed by atoms with Gasteiger partial charge in [-0.1, -0.05) is 54.2 Å². The molecule has 0 radical (unpaired) electrons. The second-order valence-electron chi connectivity index (χ2n) is 8.09. The summed E-state index contributed by atoms with van der Waals surface area (Å²) in [6.07, 6.45) is 3.33. The Labute approximate surface area is 180 Å². The number of aromatic nitrogens is 2. The number of nitrogens with zero attached hydrogens (tertiary/aromatic N) is 2. The highest BCUT2D eigenvalue weighted by Gasteiger charge is 2.26. The van der Waals surface area contributed by atoms with Gasteiger partial charge >= 0.3 is 0 Å². The first-order valence-corrected chi connectivity index (χ1v) is 11.2. The minimum atomic E-state index is -0.941. The molecule has 6 heteroatoms. The van der Waals surface area contributed by atoms with E-state index in [0.717, 1.165) is 45.3 Å². The zero-order valence-electron chi connectivity index (χ0n) is 17.2. The molecule has 156 valence electrons. The zero-order chi connectivity index (χ0) is 21.1. The molecule has 5 nitrogen and oxygen atoms in total. The summed E-state index contributed by atoms with van der Waals surface area (Å²) in [5, 5.41) is 21.7. The highest BCUT2D eigenvalue weighted by molar-refractivity contribution is 7.14. The van der Waals surface area contributed by atoms with Gasteiger partial charge in [-0.05, 0) is 62.3 Å². The first-order chi connectivity index (χ1) is 14.5. The Balaban J connectivity index is 1.46. The summed E-state index contributed by atoms with van der Waals surface area (Å²) in [7, 11) is 0. The Morgan fingerprint density at radius 3 is 2.27 bits per heavy atom. The molecule has 2 unspecified atom stereocenters. The van der Waals surface area contributed by atoms with Crippen molar-refractivity contribution in [2.45, 2.75) is 51.6 Å². The van der Waals surface area contributed by atoms with Crippen LogP contribution in [0.5, 0.6) is 5.75 Å². The molecule has 1 fully saturated rings. The first-order valence-electron chi connectivity index (χ1n) is 10.4. The van der Waals surface area contributed by atoms with Crippen LogP contribution in [0, 0.1) is 5.92 Å². The molecule has 1 aliphatic carbocycles. The highest BCUT2D eigenvalue weighted by atomic mass is 32.1. The molecular weight excluding hydrogens is 396 g/mol. The van der Waals surface area contributed by atoms with Gasteiger partial charge < -0.3 is 14.6 Å². The highest BCUT2D eigenvalue weighted by Crippen LogP contribution is 2.39. The third-order valence-corrected chi connectivity index (χ3v) is 6.62. The predicted molar refractivity (Wildman–Crippen MR) is 116 cm³/mol. The molecule has 30 heavy (non-hydrogen) atoms. The van der Waals surface area contributed by atoms with Gasteiger partial charge in [-0.2, -0.15) is 0 Å². The van der Waals surface area contributed by atoms with Gasteiger partial charge in [0.1, 0.15) is 15.8 Å². The van der Waals surface area contributed by atoms with Crippen LogP contribution in [0.25, 0.3) is 21.7 Å². The van der Waals surface area contributed by atoms with E-state index in [4.69, 9.17) is 4.74 Å². The number of carbonyl (C=O) groups is 1. The van der Waals surface area contributed by atoms with Crippen molar-refractivity contribution >= 4 is 17.3 Å². The smallest absolute Gasteiger partial charge is 0.147 e. The third kappa shape index (κ3) is 4.70. The van der Waals surface area contributed by atoms with Gasteiger partial charge in [0.2, 0.25) is 0 Å². The molecule has 0 spiro atoms. The van der Waals surface area contributed by atoms with Crippen LogP contribution < -0.4 is 9.84 Å². The normalized spacial score (nSPS) is 19.0. The standard InChI is InChI=1S/C24H26N2O3S/c1-15(2)29-21-12-10-17(11-13-21)16-6-8-18(9-7-16)22-25-26-23(30-22)19-4-3-5-20(14-19)24(27)28/h6-13,15,19-20H,3-5,14H2,1-2H3,(H,27,28)/p-1. The maximum Gasteiger partial charge on any atom is 0.147 e. The first kappa shape index (κ1) is 20.5. The van der Waals surface area contributed by atoms with E-state index in [9.17, 15) is 9.90 Å². The molecular formula is C24H25N2O3S-. The fourth-order valence-corrected chi connectivity index (χ4v) is 4.94. The zero-order valence-corrected chi connectivity index (χ0v) is 18.0. The molecule has 0 amide bonds. The Kier molecular flexibility index (Phi) is 6.13. The van der Waals surface area contributed by atoms with E-state index in [-0.39, 0.29) is 17.9 Å². The van der Waals surface area contributed by atoms with Gasteiger partial charge in [-0.15, -0.1) is 10.2 Å². The van der Waals surface area contributed by atoms with Crippen molar-refractivity contribution in [3.05, 3.63) is 53.5 Å². The van der Waals surface area contributed by atoms with Gasteiger partial charge in [0.25, 0.3) is 0 Å². The molecule has 2 aromatic carbocycles. The van der Waals surface area contributed by atoms with Gasteiger partial charge in [0.05, 0.1) is 6.10 Å². The lowest BCUT2D eigenvalue weighted by molar-refractivity contribution is -0.312. The van der Waals surface area contributed by atoms with Gasteiger partial charge in [0, 0.05) is 17.5 Å². The van der Waals surface area contributed by atoms with Crippen molar-refractivity contribution < 1.29 is 14.6 Å². The van der Waals surface area contributed by atoms with E-state index in [2.05, 4.69) is 46.6 Å². The second-order valence-corrected chi connectivity index (χ2v) is 9.10. The summed E-state index contributed by atoms with van der Waals surface area (Å²) in [4.78, 5) is 11.2. The minimum Gasteiger partial charge on any atom is -0.550 e. The number of aliphatic carboxylic acids is 1. The van der Waals surface area contributed by atoms with Crippen molar-refractivity contribution in [1.29, 1.82) is 0 Å². The van der Waals surface area contributed by atoms with Crippen LogP contribution in [0.3, 0.4) is 0 Å². The van der Waals surface area contributed by atoms with Gasteiger partial charge in [-0.3, -0.25) is 0 Å². The number of rotatable bonds is 6. The summed E-state index contributed by atoms with van der Waals surface area (Å²) in [5.74, 6) is -0.273. The Morgan fingerprint density at radius 2 is 1.63 bits per heavy atom. The average molecular weight is 422 g/mol. The van der Waals surface area contributed by atoms with Crippen LogP contribution in [-0.2, 0) is 4.79 Å². The average Bonchev–Trinajstić information content (AvgIpc) is 3.24. The third-order valence-electron chi connectivity index (χ3n) is 5.49. The van der Waals surface area contributed by atoms with Crippen LogP contribution in [0.2, 0.25) is 0 Å². The summed E-state index contributed by atoms with van der Waals surface area (Å²) in [6, 6.07) is 16.4. The Hall–Kier alpha value is -2.73. The number of carboxylic acids is 1. The number of ether oxygens (including phenoxy) is 1. The van der Waals surface area contributed by atoms with Gasteiger partial charge in [0.15, 0.2) is 0 Å². The molecule has 2 atom stereocenters. The number of hydrogen-bond donors (Lipinski definition) is 0. The molecule has 1 aromatic heterocycles. The molecule has 1 heterocycles. The maximum atomic E-state index is 11.2. The van der Waals surface area contributed by atoms with E-state index < -0.39 is 5.97 Å². The molecule has 3 aromatic rings. The van der Waals surface area contributed by atoms with E-state index >= 15 is 0 Å². The molecule has 0 aliphatic heterocycles. The number of hydrogen-bond acceptors (Lipinski definition) is 6. The largest absolute Gasteiger partial charge is 0.550 e. The predicted octanol–water partition coefficient (Wildman–Crippen LogP) is 4.68. The van der Waals surface area contributed by atoms with Crippen molar-refractivity contribution in [2.75, 3.05) is 0 Å². The van der Waals surface area contributed by atoms with Gasteiger partial charge in [-0.25, -0.2) is 0 Å². The van der Waals surface area contributed by atoms with Crippen LogP contribution in [0.15, 0.2) is 48.5 Å². The fraction of sp³-hybridized carbons (Fsp3) is 0.375. The fourth-order valence-electron chi connectivity index (χ4n) is 3.95. The number of carbonyl (C=O) groups excluding carboxylic acids is 1. The summed E-state index contributed by atoms with van der Waals surface area (Å²) in [6.45, 7) is 4.03. The molecule has 1 aliphatic rings. The summed E-state index contributed by atoms with van der Waals surface area (Å²) >= 11 is 1.56. The van der Waals surface area contributed by atoms with Crippen molar-refractivity contribution in [1.82, 2.24) is 10.2 Å².